The number of hydrogen-bond acceptors (Lipinski definition) is 3. The van der Waals surface area contributed by atoms with Gasteiger partial charge in [-0.25, -0.2) is 4.39 Å². The zero-order chi connectivity index (χ0) is 12.1. The Morgan fingerprint density at radius 1 is 1.35 bits per heavy atom. The van der Waals surface area contributed by atoms with Crippen molar-refractivity contribution in [3.8, 4) is 0 Å². The number of benzene rings is 1. The van der Waals surface area contributed by atoms with Gasteiger partial charge in [-0.1, -0.05) is 12.1 Å². The molecule has 1 heterocycles. The second-order valence-electron chi connectivity index (χ2n) is 4.40. The van der Waals surface area contributed by atoms with Gasteiger partial charge in [0.2, 0.25) is 0 Å². The molecule has 0 aromatic heterocycles. The van der Waals surface area contributed by atoms with E-state index in [4.69, 9.17) is 10.5 Å². The fourth-order valence-corrected chi connectivity index (χ4v) is 2.18. The largest absolute Gasteiger partial charge is 0.378 e. The summed E-state index contributed by atoms with van der Waals surface area (Å²) < 4.78 is 18.3. The lowest BCUT2D eigenvalue weighted by atomic mass is 10.1. The molecule has 2 rings (SSSR count). The Morgan fingerprint density at radius 3 is 2.82 bits per heavy atom. The average molecular weight is 238 g/mol. The van der Waals surface area contributed by atoms with Gasteiger partial charge in [0.1, 0.15) is 5.82 Å². The zero-order valence-electron chi connectivity index (χ0n) is 9.94. The quantitative estimate of drug-likeness (QED) is 0.861. The maximum Gasteiger partial charge on any atom is 0.123 e. The summed E-state index contributed by atoms with van der Waals surface area (Å²) in [5.41, 5.74) is 6.74. The maximum absolute atomic E-state index is 12.8. The van der Waals surface area contributed by atoms with Crippen molar-refractivity contribution >= 4 is 0 Å². The lowest BCUT2D eigenvalue weighted by Crippen LogP contribution is -2.45. The van der Waals surface area contributed by atoms with E-state index in [2.05, 4.69) is 4.90 Å². The minimum atomic E-state index is -0.186. The number of rotatable bonds is 4. The van der Waals surface area contributed by atoms with E-state index in [1.54, 1.807) is 0 Å². The lowest BCUT2D eigenvalue weighted by Gasteiger charge is -2.35. The molecule has 0 spiro atoms. The number of nitrogens with two attached hydrogens (primary N) is 1. The van der Waals surface area contributed by atoms with Crippen LogP contribution >= 0.6 is 0 Å². The number of halogens is 1. The van der Waals surface area contributed by atoms with Crippen LogP contribution in [-0.2, 0) is 11.3 Å². The molecule has 1 saturated heterocycles. The Kier molecular flexibility index (Phi) is 4.48. The highest BCUT2D eigenvalue weighted by Gasteiger charge is 2.22. The van der Waals surface area contributed by atoms with Crippen molar-refractivity contribution in [1.82, 2.24) is 4.90 Å². The van der Waals surface area contributed by atoms with Gasteiger partial charge < -0.3 is 10.5 Å². The van der Waals surface area contributed by atoms with Crippen molar-refractivity contribution < 1.29 is 9.13 Å². The van der Waals surface area contributed by atoms with Gasteiger partial charge in [0.15, 0.2) is 0 Å². The second kappa shape index (κ2) is 6.10. The van der Waals surface area contributed by atoms with Gasteiger partial charge in [-0.2, -0.15) is 0 Å². The van der Waals surface area contributed by atoms with Crippen LogP contribution in [0, 0.1) is 5.82 Å². The minimum absolute atomic E-state index is 0.186. The van der Waals surface area contributed by atoms with E-state index in [1.165, 1.54) is 12.1 Å². The van der Waals surface area contributed by atoms with Crippen molar-refractivity contribution in [2.24, 2.45) is 5.73 Å². The summed E-state index contributed by atoms with van der Waals surface area (Å²) in [5.74, 6) is -0.186. The molecule has 17 heavy (non-hydrogen) atoms. The lowest BCUT2D eigenvalue weighted by molar-refractivity contribution is -0.0135. The highest BCUT2D eigenvalue weighted by molar-refractivity contribution is 5.16. The SMILES string of the molecule is NCCC1COCCN1Cc1ccc(F)cc1. The fraction of sp³-hybridized carbons (Fsp3) is 0.538. The Balaban J connectivity index is 1.97. The van der Waals surface area contributed by atoms with Crippen molar-refractivity contribution in [2.45, 2.75) is 19.0 Å². The van der Waals surface area contributed by atoms with E-state index in [0.29, 0.717) is 12.6 Å². The van der Waals surface area contributed by atoms with E-state index < -0.39 is 0 Å². The predicted molar refractivity (Wildman–Crippen MR) is 65.1 cm³/mol. The summed E-state index contributed by atoms with van der Waals surface area (Å²) in [4.78, 5) is 2.36. The second-order valence-corrected chi connectivity index (χ2v) is 4.40. The van der Waals surface area contributed by atoms with E-state index in [9.17, 15) is 4.39 Å². The first kappa shape index (κ1) is 12.5. The van der Waals surface area contributed by atoms with Crippen LogP contribution in [0.4, 0.5) is 4.39 Å². The van der Waals surface area contributed by atoms with Crippen LogP contribution in [0.15, 0.2) is 24.3 Å². The molecular formula is C13H19FN2O. The first-order chi connectivity index (χ1) is 8.29. The Hall–Kier alpha value is -0.970. The first-order valence-corrected chi connectivity index (χ1v) is 6.06. The predicted octanol–water partition coefficient (Wildman–Crippen LogP) is 1.38. The standard InChI is InChI=1S/C13H19FN2O/c14-12-3-1-11(2-4-12)9-16-7-8-17-10-13(16)5-6-15/h1-4,13H,5-10,15H2. The van der Waals surface area contributed by atoms with Gasteiger partial charge in [-0.15, -0.1) is 0 Å². The average Bonchev–Trinajstić information content (AvgIpc) is 2.35. The van der Waals surface area contributed by atoms with Gasteiger partial charge in [0.05, 0.1) is 13.2 Å². The highest BCUT2D eigenvalue weighted by atomic mass is 19.1. The summed E-state index contributed by atoms with van der Waals surface area (Å²) in [6.45, 7) is 3.95. The number of ether oxygens (including phenoxy) is 1. The third kappa shape index (κ3) is 3.49. The molecule has 94 valence electrons. The summed E-state index contributed by atoms with van der Waals surface area (Å²) in [6.07, 6.45) is 0.946. The van der Waals surface area contributed by atoms with E-state index in [1.807, 2.05) is 12.1 Å². The van der Waals surface area contributed by atoms with E-state index in [-0.39, 0.29) is 5.82 Å². The summed E-state index contributed by atoms with van der Waals surface area (Å²) >= 11 is 0. The van der Waals surface area contributed by atoms with Crippen LogP contribution < -0.4 is 5.73 Å². The molecule has 0 bridgehead atoms. The molecule has 0 amide bonds. The summed E-state index contributed by atoms with van der Waals surface area (Å²) in [7, 11) is 0. The molecule has 1 aliphatic rings. The molecule has 2 N–H and O–H groups in total. The first-order valence-electron chi connectivity index (χ1n) is 6.06. The topological polar surface area (TPSA) is 38.5 Å². The van der Waals surface area contributed by atoms with E-state index in [0.717, 1.165) is 38.3 Å². The Morgan fingerprint density at radius 2 is 2.12 bits per heavy atom. The molecule has 0 aliphatic carbocycles. The molecule has 1 unspecified atom stereocenters. The fourth-order valence-electron chi connectivity index (χ4n) is 2.18. The number of nitrogens with zero attached hydrogens (tertiary/aromatic N) is 1. The molecule has 1 atom stereocenters. The Bertz CT molecular complexity index is 340. The van der Waals surface area contributed by atoms with Crippen LogP contribution in [-0.4, -0.2) is 37.2 Å². The summed E-state index contributed by atoms with van der Waals surface area (Å²) in [5, 5.41) is 0. The van der Waals surface area contributed by atoms with Crippen LogP contribution in [0.3, 0.4) is 0 Å². The zero-order valence-corrected chi connectivity index (χ0v) is 9.94. The van der Waals surface area contributed by atoms with Crippen LogP contribution in [0.2, 0.25) is 0 Å². The molecule has 4 heteroatoms. The van der Waals surface area contributed by atoms with Gasteiger partial charge in [0.25, 0.3) is 0 Å². The molecule has 1 aliphatic heterocycles. The van der Waals surface area contributed by atoms with Crippen LogP contribution in [0.5, 0.6) is 0 Å². The maximum atomic E-state index is 12.8. The normalized spacial score (nSPS) is 21.6. The molecule has 1 aromatic carbocycles. The Labute approximate surface area is 101 Å². The summed E-state index contributed by atoms with van der Waals surface area (Å²) in [6, 6.07) is 7.08. The monoisotopic (exact) mass is 238 g/mol. The van der Waals surface area contributed by atoms with Gasteiger partial charge in [0, 0.05) is 19.1 Å². The minimum Gasteiger partial charge on any atom is -0.378 e. The third-order valence-corrected chi connectivity index (χ3v) is 3.15. The molecule has 1 aromatic rings. The van der Waals surface area contributed by atoms with Crippen molar-refractivity contribution in [3.05, 3.63) is 35.6 Å². The molecule has 0 radical (unpaired) electrons. The molecule has 3 nitrogen and oxygen atoms in total. The van der Waals surface area contributed by atoms with Gasteiger partial charge in [-0.3, -0.25) is 4.90 Å². The molecule has 1 fully saturated rings. The molecule has 0 saturated carbocycles. The van der Waals surface area contributed by atoms with Gasteiger partial charge in [-0.05, 0) is 30.7 Å². The van der Waals surface area contributed by atoms with Crippen LogP contribution in [0.1, 0.15) is 12.0 Å². The third-order valence-electron chi connectivity index (χ3n) is 3.15. The van der Waals surface area contributed by atoms with Crippen LogP contribution in [0.25, 0.3) is 0 Å². The van der Waals surface area contributed by atoms with E-state index >= 15 is 0 Å². The number of hydrogen-bond donors (Lipinski definition) is 1. The van der Waals surface area contributed by atoms with Crippen molar-refractivity contribution in [2.75, 3.05) is 26.3 Å². The highest BCUT2D eigenvalue weighted by Crippen LogP contribution is 2.14. The number of morpholine rings is 1. The smallest absolute Gasteiger partial charge is 0.123 e. The van der Waals surface area contributed by atoms with Gasteiger partial charge >= 0.3 is 0 Å². The van der Waals surface area contributed by atoms with Crippen molar-refractivity contribution in [1.29, 1.82) is 0 Å². The molecular weight excluding hydrogens is 219 g/mol. The van der Waals surface area contributed by atoms with Crippen molar-refractivity contribution in [3.63, 3.8) is 0 Å².